The summed E-state index contributed by atoms with van der Waals surface area (Å²) >= 11 is 0. The molecule has 0 aliphatic carbocycles. The van der Waals surface area contributed by atoms with E-state index in [2.05, 4.69) is 10.6 Å². The molecule has 0 spiro atoms. The van der Waals surface area contributed by atoms with Gasteiger partial charge in [-0.25, -0.2) is 0 Å². The van der Waals surface area contributed by atoms with Crippen molar-refractivity contribution < 1.29 is 9.59 Å². The molecule has 0 aromatic rings. The lowest BCUT2D eigenvalue weighted by atomic mass is 10.1. The van der Waals surface area contributed by atoms with Crippen LogP contribution >= 0.6 is 0 Å². The molecule has 17 heavy (non-hydrogen) atoms. The van der Waals surface area contributed by atoms with Crippen molar-refractivity contribution in [1.82, 2.24) is 15.5 Å². The Morgan fingerprint density at radius 3 is 2.88 bits per heavy atom. The average molecular weight is 239 g/mol. The van der Waals surface area contributed by atoms with Gasteiger partial charge in [0.15, 0.2) is 0 Å². The van der Waals surface area contributed by atoms with Crippen molar-refractivity contribution in [2.45, 2.75) is 32.2 Å². The molecule has 5 heteroatoms. The van der Waals surface area contributed by atoms with E-state index in [9.17, 15) is 9.59 Å². The molecule has 0 bridgehead atoms. The number of carbonyl (C=O) groups excluding carboxylic acids is 2. The molecule has 0 aromatic heterocycles. The summed E-state index contributed by atoms with van der Waals surface area (Å²) in [4.78, 5) is 25.2. The van der Waals surface area contributed by atoms with Crippen LogP contribution in [0.15, 0.2) is 0 Å². The highest BCUT2D eigenvalue weighted by atomic mass is 16.2. The van der Waals surface area contributed by atoms with Gasteiger partial charge in [0.2, 0.25) is 11.8 Å². The van der Waals surface area contributed by atoms with Crippen molar-refractivity contribution in [3.63, 3.8) is 0 Å². The molecule has 2 rings (SSSR count). The van der Waals surface area contributed by atoms with Gasteiger partial charge in [0.05, 0.1) is 5.92 Å². The number of likely N-dealkylation sites (N-methyl/N-ethyl adjacent to an activating group) is 1. The highest BCUT2D eigenvalue weighted by molar-refractivity contribution is 5.89. The maximum atomic E-state index is 12.2. The van der Waals surface area contributed by atoms with Gasteiger partial charge in [0.25, 0.3) is 0 Å². The Morgan fingerprint density at radius 2 is 2.35 bits per heavy atom. The highest BCUT2D eigenvalue weighted by Crippen LogP contribution is 2.14. The Kier molecular flexibility index (Phi) is 3.99. The third-order valence-electron chi connectivity index (χ3n) is 3.62. The first kappa shape index (κ1) is 12.4. The molecule has 96 valence electrons. The van der Waals surface area contributed by atoms with Crippen molar-refractivity contribution >= 4 is 11.8 Å². The number of rotatable bonds is 4. The molecular formula is C12H21N3O2. The topological polar surface area (TPSA) is 61.4 Å². The largest absolute Gasteiger partial charge is 0.355 e. The Bertz CT molecular complexity index is 300. The summed E-state index contributed by atoms with van der Waals surface area (Å²) in [6, 6.07) is 0.434. The van der Waals surface area contributed by atoms with E-state index < -0.39 is 0 Å². The molecule has 2 aliphatic heterocycles. The van der Waals surface area contributed by atoms with E-state index in [1.165, 1.54) is 6.42 Å². The molecule has 2 unspecified atom stereocenters. The van der Waals surface area contributed by atoms with E-state index in [1.54, 1.807) is 0 Å². The van der Waals surface area contributed by atoms with E-state index in [0.717, 1.165) is 26.1 Å². The number of hydrogen-bond acceptors (Lipinski definition) is 3. The number of amides is 2. The van der Waals surface area contributed by atoms with Crippen LogP contribution in [-0.4, -0.2) is 48.9 Å². The first-order valence-corrected chi connectivity index (χ1v) is 6.49. The molecule has 2 atom stereocenters. The second-order valence-electron chi connectivity index (χ2n) is 4.88. The van der Waals surface area contributed by atoms with Crippen molar-refractivity contribution in [3.05, 3.63) is 0 Å². The third-order valence-corrected chi connectivity index (χ3v) is 3.62. The van der Waals surface area contributed by atoms with Crippen molar-refractivity contribution in [2.75, 3.05) is 26.2 Å². The molecular weight excluding hydrogens is 218 g/mol. The van der Waals surface area contributed by atoms with Gasteiger partial charge in [-0.3, -0.25) is 9.59 Å². The fourth-order valence-electron chi connectivity index (χ4n) is 2.59. The SMILES string of the molecule is CCN(CC1CCCN1)C(=O)C1CNC(=O)C1. The van der Waals surface area contributed by atoms with Crippen LogP contribution in [0.1, 0.15) is 26.2 Å². The lowest BCUT2D eigenvalue weighted by Crippen LogP contribution is -2.44. The molecule has 0 saturated carbocycles. The lowest BCUT2D eigenvalue weighted by molar-refractivity contribution is -0.135. The second-order valence-corrected chi connectivity index (χ2v) is 4.88. The summed E-state index contributed by atoms with van der Waals surface area (Å²) in [7, 11) is 0. The molecule has 2 saturated heterocycles. The Labute approximate surface area is 102 Å². The zero-order valence-corrected chi connectivity index (χ0v) is 10.4. The Morgan fingerprint density at radius 1 is 1.53 bits per heavy atom. The predicted octanol–water partition coefficient (Wildman–Crippen LogP) is -0.277. The molecule has 2 heterocycles. The quantitative estimate of drug-likeness (QED) is 0.709. The summed E-state index contributed by atoms with van der Waals surface area (Å²) in [5, 5.41) is 6.12. The molecule has 0 aromatic carbocycles. The van der Waals surface area contributed by atoms with E-state index in [4.69, 9.17) is 0 Å². The van der Waals surface area contributed by atoms with Crippen molar-refractivity contribution in [1.29, 1.82) is 0 Å². The zero-order valence-electron chi connectivity index (χ0n) is 10.4. The van der Waals surface area contributed by atoms with Gasteiger partial charge in [-0.1, -0.05) is 0 Å². The van der Waals surface area contributed by atoms with E-state index in [0.29, 0.717) is 19.0 Å². The molecule has 2 fully saturated rings. The lowest BCUT2D eigenvalue weighted by Gasteiger charge is -2.26. The Hall–Kier alpha value is -1.10. The summed E-state index contributed by atoms with van der Waals surface area (Å²) in [6.45, 7) is 5.06. The van der Waals surface area contributed by atoms with Crippen LogP contribution in [0.25, 0.3) is 0 Å². The van der Waals surface area contributed by atoms with Gasteiger partial charge < -0.3 is 15.5 Å². The number of nitrogens with one attached hydrogen (secondary N) is 2. The van der Waals surface area contributed by atoms with Crippen molar-refractivity contribution in [3.8, 4) is 0 Å². The van der Waals surface area contributed by atoms with Crippen LogP contribution in [0.2, 0.25) is 0 Å². The fraction of sp³-hybridized carbons (Fsp3) is 0.833. The number of hydrogen-bond donors (Lipinski definition) is 2. The minimum absolute atomic E-state index is 0.00149. The van der Waals surface area contributed by atoms with Gasteiger partial charge in [0, 0.05) is 32.1 Å². The first-order valence-electron chi connectivity index (χ1n) is 6.49. The van der Waals surface area contributed by atoms with Gasteiger partial charge in [-0.2, -0.15) is 0 Å². The van der Waals surface area contributed by atoms with E-state index >= 15 is 0 Å². The van der Waals surface area contributed by atoms with E-state index in [1.807, 2.05) is 11.8 Å². The van der Waals surface area contributed by atoms with Crippen molar-refractivity contribution in [2.24, 2.45) is 5.92 Å². The predicted molar refractivity (Wildman–Crippen MR) is 64.4 cm³/mol. The van der Waals surface area contributed by atoms with Crippen LogP contribution in [-0.2, 0) is 9.59 Å². The van der Waals surface area contributed by atoms with Crippen LogP contribution in [0.4, 0.5) is 0 Å². The Balaban J connectivity index is 1.88. The molecule has 2 amide bonds. The molecule has 5 nitrogen and oxygen atoms in total. The summed E-state index contributed by atoms with van der Waals surface area (Å²) in [6.07, 6.45) is 2.69. The van der Waals surface area contributed by atoms with Gasteiger partial charge >= 0.3 is 0 Å². The minimum Gasteiger partial charge on any atom is -0.355 e. The highest BCUT2D eigenvalue weighted by Gasteiger charge is 2.31. The average Bonchev–Trinajstić information content (AvgIpc) is 2.96. The minimum atomic E-state index is -0.149. The summed E-state index contributed by atoms with van der Waals surface area (Å²) in [5.74, 6) is -0.0261. The van der Waals surface area contributed by atoms with Gasteiger partial charge in [0.1, 0.15) is 0 Å². The normalized spacial score (nSPS) is 28.2. The van der Waals surface area contributed by atoms with E-state index in [-0.39, 0.29) is 17.7 Å². The standard InChI is InChI=1S/C12H21N3O2/c1-2-15(8-10-4-3-5-13-10)12(17)9-6-11(16)14-7-9/h9-10,13H,2-8H2,1H3,(H,14,16). The molecule has 2 N–H and O–H groups in total. The smallest absolute Gasteiger partial charge is 0.228 e. The first-order chi connectivity index (χ1) is 8.20. The maximum Gasteiger partial charge on any atom is 0.228 e. The van der Waals surface area contributed by atoms with Crippen LogP contribution in [0, 0.1) is 5.92 Å². The molecule has 2 aliphatic rings. The zero-order chi connectivity index (χ0) is 12.3. The third kappa shape index (κ3) is 2.97. The van der Waals surface area contributed by atoms with Crippen LogP contribution in [0.5, 0.6) is 0 Å². The fourth-order valence-corrected chi connectivity index (χ4v) is 2.59. The van der Waals surface area contributed by atoms with Gasteiger partial charge in [-0.15, -0.1) is 0 Å². The summed E-state index contributed by atoms with van der Waals surface area (Å²) in [5.41, 5.74) is 0. The molecule has 0 radical (unpaired) electrons. The second kappa shape index (κ2) is 5.49. The summed E-state index contributed by atoms with van der Waals surface area (Å²) < 4.78 is 0. The number of carbonyl (C=O) groups is 2. The van der Waals surface area contributed by atoms with Gasteiger partial charge in [-0.05, 0) is 26.3 Å². The van der Waals surface area contributed by atoms with Crippen LogP contribution in [0.3, 0.4) is 0 Å². The van der Waals surface area contributed by atoms with Crippen LogP contribution < -0.4 is 10.6 Å². The maximum absolute atomic E-state index is 12.2. The number of nitrogens with zero attached hydrogens (tertiary/aromatic N) is 1. The monoisotopic (exact) mass is 239 g/mol.